The number of carbonyl (C=O) groups is 1. The lowest BCUT2D eigenvalue weighted by molar-refractivity contribution is 0.0955. The second kappa shape index (κ2) is 6.20. The summed E-state index contributed by atoms with van der Waals surface area (Å²) in [5.41, 5.74) is 7.50. The van der Waals surface area contributed by atoms with Crippen LogP contribution in [-0.2, 0) is 6.42 Å². The highest BCUT2D eigenvalue weighted by molar-refractivity contribution is 6.31. The standard InChI is InChI=1S/C14H14ClN3O/c15-10-4-5-12(13(16)9-10)14(19)18-8-6-11-3-1-2-7-17-11/h1-5,7,9H,6,8,16H2,(H,18,19). The zero-order chi connectivity index (χ0) is 13.7. The summed E-state index contributed by atoms with van der Waals surface area (Å²) in [7, 11) is 0. The molecule has 98 valence electrons. The van der Waals surface area contributed by atoms with Crippen molar-refractivity contribution in [2.45, 2.75) is 6.42 Å². The minimum Gasteiger partial charge on any atom is -0.398 e. The SMILES string of the molecule is Nc1cc(Cl)ccc1C(=O)NCCc1ccccn1. The molecule has 0 atom stereocenters. The minimum absolute atomic E-state index is 0.204. The van der Waals surface area contributed by atoms with Crippen LogP contribution < -0.4 is 11.1 Å². The van der Waals surface area contributed by atoms with Crippen molar-refractivity contribution < 1.29 is 4.79 Å². The number of anilines is 1. The molecule has 2 rings (SSSR count). The monoisotopic (exact) mass is 275 g/mol. The number of benzene rings is 1. The fourth-order valence-electron chi connectivity index (χ4n) is 1.69. The molecule has 0 saturated heterocycles. The predicted molar refractivity (Wildman–Crippen MR) is 76.1 cm³/mol. The van der Waals surface area contributed by atoms with Gasteiger partial charge in [0.05, 0.1) is 5.56 Å². The maximum Gasteiger partial charge on any atom is 0.253 e. The van der Waals surface area contributed by atoms with Gasteiger partial charge in [0.15, 0.2) is 0 Å². The minimum atomic E-state index is -0.204. The lowest BCUT2D eigenvalue weighted by Gasteiger charge is -2.07. The number of pyridine rings is 1. The number of aromatic nitrogens is 1. The van der Waals surface area contributed by atoms with E-state index in [4.69, 9.17) is 17.3 Å². The second-order valence-corrected chi connectivity index (χ2v) is 4.49. The van der Waals surface area contributed by atoms with Crippen LogP contribution in [0.1, 0.15) is 16.1 Å². The van der Waals surface area contributed by atoms with Gasteiger partial charge in [0.1, 0.15) is 0 Å². The molecule has 1 aromatic heterocycles. The Labute approximate surface area is 116 Å². The molecular weight excluding hydrogens is 262 g/mol. The number of rotatable bonds is 4. The number of carbonyl (C=O) groups excluding carboxylic acids is 1. The van der Waals surface area contributed by atoms with Crippen LogP contribution in [0.4, 0.5) is 5.69 Å². The zero-order valence-corrected chi connectivity index (χ0v) is 11.0. The Hall–Kier alpha value is -2.07. The van der Waals surface area contributed by atoms with Crippen LogP contribution >= 0.6 is 11.6 Å². The zero-order valence-electron chi connectivity index (χ0n) is 10.3. The first kappa shape index (κ1) is 13.4. The largest absolute Gasteiger partial charge is 0.398 e. The number of nitrogen functional groups attached to an aromatic ring is 1. The summed E-state index contributed by atoms with van der Waals surface area (Å²) in [6.07, 6.45) is 2.41. The summed E-state index contributed by atoms with van der Waals surface area (Å²) < 4.78 is 0. The van der Waals surface area contributed by atoms with Crippen molar-refractivity contribution in [2.75, 3.05) is 12.3 Å². The molecular formula is C14H14ClN3O. The van der Waals surface area contributed by atoms with Gasteiger partial charge in [-0.05, 0) is 30.3 Å². The van der Waals surface area contributed by atoms with Gasteiger partial charge in [-0.2, -0.15) is 0 Å². The molecule has 0 bridgehead atoms. The fourth-order valence-corrected chi connectivity index (χ4v) is 1.87. The normalized spacial score (nSPS) is 10.2. The van der Waals surface area contributed by atoms with Crippen LogP contribution in [0, 0.1) is 0 Å². The summed E-state index contributed by atoms with van der Waals surface area (Å²) in [5, 5.41) is 3.32. The van der Waals surface area contributed by atoms with Crippen molar-refractivity contribution in [3.05, 3.63) is 58.9 Å². The molecule has 0 aliphatic carbocycles. The third-order valence-electron chi connectivity index (χ3n) is 2.65. The quantitative estimate of drug-likeness (QED) is 0.841. The fraction of sp³-hybridized carbons (Fsp3) is 0.143. The Balaban J connectivity index is 1.91. The number of halogens is 1. The molecule has 4 nitrogen and oxygen atoms in total. The molecule has 2 aromatic rings. The van der Waals surface area contributed by atoms with E-state index in [-0.39, 0.29) is 5.91 Å². The first-order valence-corrected chi connectivity index (χ1v) is 6.28. The highest BCUT2D eigenvalue weighted by atomic mass is 35.5. The van der Waals surface area contributed by atoms with Crippen molar-refractivity contribution in [2.24, 2.45) is 0 Å². The van der Waals surface area contributed by atoms with E-state index >= 15 is 0 Å². The average Bonchev–Trinajstić information content (AvgIpc) is 2.39. The number of amides is 1. The molecule has 0 fully saturated rings. The summed E-state index contributed by atoms with van der Waals surface area (Å²) in [6.45, 7) is 0.512. The van der Waals surface area contributed by atoms with Gasteiger partial charge in [0, 0.05) is 35.6 Å². The summed E-state index contributed by atoms with van der Waals surface area (Å²) in [5.74, 6) is -0.204. The molecule has 0 unspecified atom stereocenters. The van der Waals surface area contributed by atoms with Gasteiger partial charge in [0.2, 0.25) is 0 Å². The summed E-state index contributed by atoms with van der Waals surface area (Å²) >= 11 is 5.79. The maximum atomic E-state index is 11.9. The Morgan fingerprint density at radius 1 is 1.32 bits per heavy atom. The van der Waals surface area contributed by atoms with Crippen LogP contribution in [0.2, 0.25) is 5.02 Å². The van der Waals surface area contributed by atoms with Gasteiger partial charge in [-0.15, -0.1) is 0 Å². The summed E-state index contributed by atoms with van der Waals surface area (Å²) in [4.78, 5) is 16.1. The molecule has 0 spiro atoms. The van der Waals surface area contributed by atoms with Gasteiger partial charge in [-0.1, -0.05) is 17.7 Å². The molecule has 5 heteroatoms. The Kier molecular flexibility index (Phi) is 4.36. The van der Waals surface area contributed by atoms with E-state index in [1.54, 1.807) is 24.4 Å². The molecule has 3 N–H and O–H groups in total. The third kappa shape index (κ3) is 3.69. The molecule has 1 aromatic carbocycles. The van der Waals surface area contributed by atoms with Crippen LogP contribution in [0.15, 0.2) is 42.6 Å². The average molecular weight is 276 g/mol. The van der Waals surface area contributed by atoms with Crippen LogP contribution in [0.3, 0.4) is 0 Å². The van der Waals surface area contributed by atoms with Crippen molar-refractivity contribution >= 4 is 23.2 Å². The topological polar surface area (TPSA) is 68.0 Å². The lowest BCUT2D eigenvalue weighted by Crippen LogP contribution is -2.26. The molecule has 0 aliphatic rings. The van der Waals surface area contributed by atoms with E-state index in [0.717, 1.165) is 5.69 Å². The number of nitrogens with two attached hydrogens (primary N) is 1. The Morgan fingerprint density at radius 2 is 2.16 bits per heavy atom. The molecule has 0 aliphatic heterocycles. The van der Waals surface area contributed by atoms with Crippen LogP contribution in [-0.4, -0.2) is 17.4 Å². The van der Waals surface area contributed by atoms with E-state index in [2.05, 4.69) is 10.3 Å². The third-order valence-corrected chi connectivity index (χ3v) is 2.89. The smallest absolute Gasteiger partial charge is 0.253 e. The van der Waals surface area contributed by atoms with E-state index in [1.807, 2.05) is 18.2 Å². The molecule has 0 radical (unpaired) electrons. The van der Waals surface area contributed by atoms with Crippen molar-refractivity contribution in [1.29, 1.82) is 0 Å². The number of hydrogen-bond donors (Lipinski definition) is 2. The van der Waals surface area contributed by atoms with E-state index in [0.29, 0.717) is 29.2 Å². The van der Waals surface area contributed by atoms with E-state index in [9.17, 15) is 4.79 Å². The second-order valence-electron chi connectivity index (χ2n) is 4.06. The lowest BCUT2D eigenvalue weighted by atomic mass is 10.1. The number of nitrogens with one attached hydrogen (secondary N) is 1. The number of nitrogens with zero attached hydrogens (tertiary/aromatic N) is 1. The highest BCUT2D eigenvalue weighted by Crippen LogP contribution is 2.17. The van der Waals surface area contributed by atoms with Crippen molar-refractivity contribution in [3.8, 4) is 0 Å². The van der Waals surface area contributed by atoms with E-state index in [1.165, 1.54) is 0 Å². The van der Waals surface area contributed by atoms with Gasteiger partial charge < -0.3 is 11.1 Å². The molecule has 0 saturated carbocycles. The first-order valence-electron chi connectivity index (χ1n) is 5.90. The molecule has 1 amide bonds. The van der Waals surface area contributed by atoms with Crippen LogP contribution in [0.25, 0.3) is 0 Å². The highest BCUT2D eigenvalue weighted by Gasteiger charge is 2.09. The van der Waals surface area contributed by atoms with Crippen molar-refractivity contribution in [1.82, 2.24) is 10.3 Å². The number of hydrogen-bond acceptors (Lipinski definition) is 3. The maximum absolute atomic E-state index is 11.9. The van der Waals surface area contributed by atoms with E-state index < -0.39 is 0 Å². The predicted octanol–water partition coefficient (Wildman–Crippen LogP) is 2.29. The van der Waals surface area contributed by atoms with Gasteiger partial charge in [-0.25, -0.2) is 0 Å². The summed E-state index contributed by atoms with van der Waals surface area (Å²) in [6, 6.07) is 10.5. The Morgan fingerprint density at radius 3 is 2.84 bits per heavy atom. The van der Waals surface area contributed by atoms with Crippen LogP contribution in [0.5, 0.6) is 0 Å². The first-order chi connectivity index (χ1) is 9.16. The van der Waals surface area contributed by atoms with Gasteiger partial charge in [0.25, 0.3) is 5.91 Å². The van der Waals surface area contributed by atoms with Gasteiger partial charge in [-0.3, -0.25) is 9.78 Å². The van der Waals surface area contributed by atoms with Gasteiger partial charge >= 0.3 is 0 Å². The van der Waals surface area contributed by atoms with Crippen molar-refractivity contribution in [3.63, 3.8) is 0 Å². The Bertz CT molecular complexity index is 572. The molecule has 19 heavy (non-hydrogen) atoms. The molecule has 1 heterocycles.